The Hall–Kier alpha value is -4.74. The summed E-state index contributed by atoms with van der Waals surface area (Å²) in [4.78, 5) is 49.1. The number of fused-ring (bicyclic) bond motifs is 1. The predicted octanol–water partition coefficient (Wildman–Crippen LogP) is 5.87. The van der Waals surface area contributed by atoms with Crippen molar-refractivity contribution < 1.29 is 14.3 Å². The third-order valence-electron chi connectivity index (χ3n) is 8.50. The Labute approximate surface area is 268 Å². The first kappa shape index (κ1) is 31.3. The van der Waals surface area contributed by atoms with Gasteiger partial charge in [0.15, 0.2) is 0 Å². The van der Waals surface area contributed by atoms with Crippen molar-refractivity contribution >= 4 is 34.6 Å². The summed E-state index contributed by atoms with van der Waals surface area (Å²) in [6, 6.07) is 7.64. The van der Waals surface area contributed by atoms with Crippen LogP contribution in [0.3, 0.4) is 0 Å². The smallest absolute Gasteiger partial charge is 0.410 e. The average Bonchev–Trinajstić information content (AvgIpc) is 3.56. The van der Waals surface area contributed by atoms with Crippen molar-refractivity contribution in [2.75, 3.05) is 43.0 Å². The van der Waals surface area contributed by atoms with Crippen LogP contribution in [0.25, 0.3) is 22.2 Å². The number of hydrogen-bond donors (Lipinski definition) is 1. The van der Waals surface area contributed by atoms with E-state index in [0.717, 1.165) is 47.9 Å². The van der Waals surface area contributed by atoms with Gasteiger partial charge in [-0.1, -0.05) is 12.8 Å². The molecule has 12 nitrogen and oxygen atoms in total. The average molecular weight is 627 g/mol. The van der Waals surface area contributed by atoms with Gasteiger partial charge in [-0.15, -0.1) is 0 Å². The van der Waals surface area contributed by atoms with Crippen LogP contribution in [0.2, 0.25) is 0 Å². The zero-order chi connectivity index (χ0) is 32.4. The molecule has 46 heavy (non-hydrogen) atoms. The summed E-state index contributed by atoms with van der Waals surface area (Å²) < 4.78 is 12.9. The molecule has 1 saturated heterocycles. The van der Waals surface area contributed by atoms with Crippen LogP contribution in [0.4, 0.5) is 22.2 Å². The van der Waals surface area contributed by atoms with Crippen LogP contribution in [0.15, 0.2) is 47.7 Å². The van der Waals surface area contributed by atoms with Gasteiger partial charge in [0.1, 0.15) is 17.1 Å². The SMILES string of the molecule is CCOc1ccc(-c2c(C)c3cnc(Nc4ccc(N5CCN(C(=O)OC(C)(C)C)CC5)cn4)nc3n(C3CCCC3)c2=O)cn1. The number of aromatic nitrogens is 5. The molecule has 0 bridgehead atoms. The van der Waals surface area contributed by atoms with E-state index in [9.17, 15) is 9.59 Å². The Bertz CT molecular complexity index is 1750. The zero-order valence-corrected chi connectivity index (χ0v) is 27.2. The molecule has 242 valence electrons. The Kier molecular flexibility index (Phi) is 8.79. The summed E-state index contributed by atoms with van der Waals surface area (Å²) in [5.74, 6) is 1.50. The molecule has 2 aliphatic rings. The minimum Gasteiger partial charge on any atom is -0.478 e. The normalized spacial score (nSPS) is 15.8. The Morgan fingerprint density at radius 3 is 2.37 bits per heavy atom. The molecule has 6 rings (SSSR count). The number of carbonyl (C=O) groups is 1. The highest BCUT2D eigenvalue weighted by Crippen LogP contribution is 2.34. The molecule has 1 saturated carbocycles. The topological polar surface area (TPSA) is 128 Å². The summed E-state index contributed by atoms with van der Waals surface area (Å²) in [6.07, 6.45) is 9.04. The van der Waals surface area contributed by atoms with E-state index >= 15 is 0 Å². The summed E-state index contributed by atoms with van der Waals surface area (Å²) >= 11 is 0. The van der Waals surface area contributed by atoms with Crippen LogP contribution < -0.4 is 20.5 Å². The fourth-order valence-corrected chi connectivity index (χ4v) is 6.23. The number of pyridine rings is 3. The number of hydrogen-bond acceptors (Lipinski definition) is 10. The molecular weight excluding hydrogens is 584 g/mol. The quantitative estimate of drug-likeness (QED) is 0.266. The van der Waals surface area contributed by atoms with Gasteiger partial charge in [-0.05, 0) is 71.2 Å². The highest BCUT2D eigenvalue weighted by Gasteiger charge is 2.27. The molecule has 4 aromatic heterocycles. The minimum atomic E-state index is -0.514. The van der Waals surface area contributed by atoms with Crippen LogP contribution in [0.1, 0.15) is 65.0 Å². The lowest BCUT2D eigenvalue weighted by Crippen LogP contribution is -2.50. The first-order chi connectivity index (χ1) is 22.1. The van der Waals surface area contributed by atoms with Crippen molar-refractivity contribution in [3.8, 4) is 17.0 Å². The lowest BCUT2D eigenvalue weighted by atomic mass is 10.0. The standard InChI is InChI=1S/C34H42N8O4/c1-6-45-28-14-11-23(19-36-28)29-22(2)26-21-37-32(39-30(26)42(31(29)43)24-9-7-8-10-24)38-27-13-12-25(20-35-27)40-15-17-41(18-16-40)33(44)46-34(3,4)5/h11-14,19-21,24H,6-10,15-18H2,1-5H3,(H,35,37,38,39). The highest BCUT2D eigenvalue weighted by molar-refractivity contribution is 5.86. The molecule has 0 aromatic carbocycles. The number of nitrogens with one attached hydrogen (secondary N) is 1. The monoisotopic (exact) mass is 626 g/mol. The first-order valence-corrected chi connectivity index (χ1v) is 16.1. The molecule has 0 spiro atoms. The summed E-state index contributed by atoms with van der Waals surface area (Å²) in [5.41, 5.74) is 3.19. The van der Waals surface area contributed by atoms with Gasteiger partial charge < -0.3 is 24.6 Å². The molecule has 1 aliphatic heterocycles. The van der Waals surface area contributed by atoms with Gasteiger partial charge >= 0.3 is 6.09 Å². The Morgan fingerprint density at radius 2 is 1.74 bits per heavy atom. The van der Waals surface area contributed by atoms with Crippen LogP contribution in [0.5, 0.6) is 5.88 Å². The van der Waals surface area contributed by atoms with Gasteiger partial charge in [0.2, 0.25) is 11.8 Å². The van der Waals surface area contributed by atoms with Crippen LogP contribution in [0, 0.1) is 6.92 Å². The van der Waals surface area contributed by atoms with Crippen molar-refractivity contribution in [1.29, 1.82) is 0 Å². The summed E-state index contributed by atoms with van der Waals surface area (Å²) in [6.45, 7) is 12.5. The molecule has 0 atom stereocenters. The first-order valence-electron chi connectivity index (χ1n) is 16.1. The van der Waals surface area contributed by atoms with Gasteiger partial charge in [-0.2, -0.15) is 4.98 Å². The zero-order valence-electron chi connectivity index (χ0n) is 27.2. The minimum absolute atomic E-state index is 0.0678. The van der Waals surface area contributed by atoms with E-state index < -0.39 is 5.60 Å². The molecule has 1 N–H and O–H groups in total. The number of carbonyl (C=O) groups excluding carboxylic acids is 1. The van der Waals surface area contributed by atoms with Gasteiger partial charge in [0.05, 0.1) is 24.1 Å². The second-order valence-electron chi connectivity index (χ2n) is 12.8. The second-order valence-corrected chi connectivity index (χ2v) is 12.8. The molecule has 12 heteroatoms. The largest absolute Gasteiger partial charge is 0.478 e. The Balaban J connectivity index is 1.23. The fraction of sp³-hybridized carbons (Fsp3) is 0.471. The number of piperazine rings is 1. The molecule has 1 amide bonds. The molecule has 2 fully saturated rings. The maximum Gasteiger partial charge on any atom is 0.410 e. The van der Waals surface area contributed by atoms with Gasteiger partial charge in [0, 0.05) is 61.6 Å². The molecule has 4 aromatic rings. The van der Waals surface area contributed by atoms with E-state index in [-0.39, 0.29) is 17.7 Å². The fourth-order valence-electron chi connectivity index (χ4n) is 6.23. The summed E-state index contributed by atoms with van der Waals surface area (Å²) in [7, 11) is 0. The number of nitrogens with zero attached hydrogens (tertiary/aromatic N) is 7. The van der Waals surface area contributed by atoms with Gasteiger partial charge in [-0.25, -0.2) is 19.7 Å². The lowest BCUT2D eigenvalue weighted by molar-refractivity contribution is 0.0240. The number of ether oxygens (including phenoxy) is 2. The number of amides is 1. The number of rotatable bonds is 7. The van der Waals surface area contributed by atoms with Crippen molar-refractivity contribution in [3.63, 3.8) is 0 Å². The number of anilines is 3. The van der Waals surface area contributed by atoms with Crippen molar-refractivity contribution in [2.24, 2.45) is 0 Å². The van der Waals surface area contributed by atoms with Crippen LogP contribution in [-0.4, -0.2) is 73.9 Å². The second kappa shape index (κ2) is 12.9. The van der Waals surface area contributed by atoms with E-state index in [2.05, 4.69) is 25.2 Å². The van der Waals surface area contributed by atoms with Gasteiger partial charge in [0.25, 0.3) is 5.56 Å². The number of aryl methyl sites for hydroxylation is 1. The van der Waals surface area contributed by atoms with Crippen molar-refractivity contribution in [3.05, 3.63) is 58.8 Å². The molecule has 5 heterocycles. The maximum absolute atomic E-state index is 14.2. The van der Waals surface area contributed by atoms with E-state index in [1.54, 1.807) is 23.4 Å². The third kappa shape index (κ3) is 6.61. The van der Waals surface area contributed by atoms with Crippen molar-refractivity contribution in [2.45, 2.75) is 71.9 Å². The molecule has 1 aliphatic carbocycles. The van der Waals surface area contributed by atoms with E-state index in [1.807, 2.05) is 63.6 Å². The molecule has 0 radical (unpaired) electrons. The predicted molar refractivity (Wildman–Crippen MR) is 178 cm³/mol. The van der Waals surface area contributed by atoms with Crippen LogP contribution in [-0.2, 0) is 4.74 Å². The highest BCUT2D eigenvalue weighted by atomic mass is 16.6. The van der Waals surface area contributed by atoms with Gasteiger partial charge in [-0.3, -0.25) is 9.36 Å². The lowest BCUT2D eigenvalue weighted by Gasteiger charge is -2.36. The summed E-state index contributed by atoms with van der Waals surface area (Å²) in [5, 5.41) is 4.06. The maximum atomic E-state index is 14.2. The van der Waals surface area contributed by atoms with Crippen molar-refractivity contribution in [1.82, 2.24) is 29.4 Å². The van der Waals surface area contributed by atoms with Crippen LogP contribution >= 0.6 is 0 Å². The molecule has 0 unspecified atom stereocenters. The van der Waals surface area contributed by atoms with E-state index in [0.29, 0.717) is 61.6 Å². The Morgan fingerprint density at radius 1 is 0.978 bits per heavy atom. The van der Waals surface area contributed by atoms with E-state index in [1.165, 1.54) is 0 Å². The van der Waals surface area contributed by atoms with E-state index in [4.69, 9.17) is 14.5 Å². The molecular formula is C34H42N8O4. The third-order valence-corrected chi connectivity index (χ3v) is 8.50.